The number of ether oxygens (including phenoxy) is 1. The lowest BCUT2D eigenvalue weighted by Crippen LogP contribution is -2.14. The molecule has 1 aromatic rings. The largest absolute Gasteiger partial charge is 0.479 e. The molecule has 1 atom stereocenters. The van der Waals surface area contributed by atoms with E-state index >= 15 is 0 Å². The smallest absolute Gasteiger partial charge is 0.220 e. The average Bonchev–Trinajstić information content (AvgIpc) is 2.73. The molecule has 1 aromatic carbocycles. The van der Waals surface area contributed by atoms with Crippen LogP contribution in [0.25, 0.3) is 0 Å². The maximum atomic E-state index is 12.5. The van der Waals surface area contributed by atoms with Gasteiger partial charge in [-0.2, -0.15) is 0 Å². The van der Waals surface area contributed by atoms with Gasteiger partial charge in [-0.3, -0.25) is 4.79 Å². The van der Waals surface area contributed by atoms with Crippen LogP contribution in [0, 0.1) is 6.92 Å². The summed E-state index contributed by atoms with van der Waals surface area (Å²) in [6.07, 6.45) is 9.50. The summed E-state index contributed by atoms with van der Waals surface area (Å²) in [5, 5.41) is 0.239. The fourth-order valence-electron chi connectivity index (χ4n) is 3.26. The molecule has 1 rings (SSSR count). The summed E-state index contributed by atoms with van der Waals surface area (Å²) < 4.78 is 30.9. The zero-order valence-electron chi connectivity index (χ0n) is 19.2. The molecule has 0 bridgehead atoms. The summed E-state index contributed by atoms with van der Waals surface area (Å²) in [4.78, 5) is 12.7. The molecule has 0 spiro atoms. The number of thiocarbonyl (C=S) groups is 1. The molecule has 0 amide bonds. The Labute approximate surface area is 198 Å². The quantitative estimate of drug-likeness (QED) is 0.192. The van der Waals surface area contributed by atoms with Crippen LogP contribution in [0.4, 0.5) is 0 Å². The van der Waals surface area contributed by atoms with Crippen LogP contribution in [0.5, 0.6) is 0 Å². The third kappa shape index (κ3) is 12.6. The predicted molar refractivity (Wildman–Crippen MR) is 136 cm³/mol. The van der Waals surface area contributed by atoms with Crippen molar-refractivity contribution in [3.63, 3.8) is 0 Å². The van der Waals surface area contributed by atoms with E-state index in [0.717, 1.165) is 18.4 Å². The molecule has 1 unspecified atom stereocenters. The Morgan fingerprint density at radius 3 is 2.29 bits per heavy atom. The molecule has 4 nitrogen and oxygen atoms in total. The summed E-state index contributed by atoms with van der Waals surface area (Å²) >= 11 is 6.83. The minimum atomic E-state index is -3.43. The number of thioether (sulfide) groups is 1. The minimum absolute atomic E-state index is 0.00781. The molecule has 176 valence electrons. The molecular formula is C24H38O4S3. The van der Waals surface area contributed by atoms with Gasteiger partial charge >= 0.3 is 0 Å². The highest BCUT2D eigenvalue weighted by molar-refractivity contribution is 8.23. The van der Waals surface area contributed by atoms with Gasteiger partial charge in [-0.15, -0.1) is 0 Å². The van der Waals surface area contributed by atoms with Crippen LogP contribution in [0.1, 0.15) is 83.6 Å². The Morgan fingerprint density at radius 2 is 1.65 bits per heavy atom. The fourth-order valence-corrected chi connectivity index (χ4v) is 6.05. The molecular weight excluding hydrogens is 448 g/mol. The first-order valence-corrected chi connectivity index (χ1v) is 14.4. The molecule has 0 heterocycles. The van der Waals surface area contributed by atoms with Crippen molar-refractivity contribution in [3.05, 3.63) is 29.8 Å². The van der Waals surface area contributed by atoms with Gasteiger partial charge in [-0.05, 0) is 51.0 Å². The van der Waals surface area contributed by atoms with Crippen molar-refractivity contribution < 1.29 is 17.9 Å². The van der Waals surface area contributed by atoms with Crippen molar-refractivity contribution in [2.75, 3.05) is 12.4 Å². The van der Waals surface area contributed by atoms with E-state index in [1.54, 1.807) is 36.0 Å². The number of ketones is 1. The molecule has 7 heteroatoms. The molecule has 0 aromatic heterocycles. The molecule has 0 aliphatic rings. The van der Waals surface area contributed by atoms with Gasteiger partial charge in [0.15, 0.2) is 9.84 Å². The SMILES string of the molecule is CCCCCCCCC(CCC(=O)CCS(=O)(=O)c1ccc(C)cc1)SC(=S)OCC. The van der Waals surface area contributed by atoms with E-state index < -0.39 is 9.84 Å². The minimum Gasteiger partial charge on any atom is -0.479 e. The lowest BCUT2D eigenvalue weighted by Gasteiger charge is -2.16. The fraction of sp³-hybridized carbons (Fsp3) is 0.667. The summed E-state index contributed by atoms with van der Waals surface area (Å²) in [7, 11) is -3.43. The van der Waals surface area contributed by atoms with Gasteiger partial charge in [0, 0.05) is 18.1 Å². The third-order valence-corrected chi connectivity index (χ3v) is 8.43. The number of hydrogen-bond donors (Lipinski definition) is 0. The summed E-state index contributed by atoms with van der Waals surface area (Å²) in [6, 6.07) is 6.77. The van der Waals surface area contributed by atoms with Crippen LogP contribution >= 0.6 is 24.0 Å². The molecule has 0 N–H and O–H groups in total. The zero-order chi connectivity index (χ0) is 23.1. The first-order chi connectivity index (χ1) is 14.8. The zero-order valence-corrected chi connectivity index (χ0v) is 21.7. The maximum Gasteiger partial charge on any atom is 0.220 e. The van der Waals surface area contributed by atoms with E-state index in [2.05, 4.69) is 6.92 Å². The summed E-state index contributed by atoms with van der Waals surface area (Å²) in [5.41, 5.74) is 1.01. The molecule has 0 aliphatic carbocycles. The number of rotatable bonds is 16. The number of benzene rings is 1. The van der Waals surface area contributed by atoms with Crippen LogP contribution in [0.3, 0.4) is 0 Å². The second kappa shape index (κ2) is 15.8. The van der Waals surface area contributed by atoms with E-state index in [1.807, 2.05) is 13.8 Å². The Hall–Kier alpha value is -0.920. The first kappa shape index (κ1) is 28.1. The number of unbranched alkanes of at least 4 members (excludes halogenated alkanes) is 5. The van der Waals surface area contributed by atoms with Crippen molar-refractivity contribution in [2.24, 2.45) is 0 Å². The second-order valence-corrected chi connectivity index (χ2v) is 12.0. The average molecular weight is 487 g/mol. The normalized spacial score (nSPS) is 12.5. The van der Waals surface area contributed by atoms with Crippen molar-refractivity contribution in [1.82, 2.24) is 0 Å². The first-order valence-electron chi connectivity index (χ1n) is 11.4. The highest BCUT2D eigenvalue weighted by atomic mass is 32.2. The maximum absolute atomic E-state index is 12.5. The van der Waals surface area contributed by atoms with Crippen LogP contribution in [-0.2, 0) is 19.4 Å². The standard InChI is InChI=1S/C24H38O4S3/c1-4-6-7-8-9-10-11-22(30-24(29)28-5-2)15-14-21(25)18-19-31(26,27)23-16-12-20(3)13-17-23/h12-13,16-17,22H,4-11,14-15,18-19H2,1-3H3. The van der Waals surface area contributed by atoms with Gasteiger partial charge in [0.25, 0.3) is 0 Å². The number of carbonyl (C=O) groups excluding carboxylic acids is 1. The Morgan fingerprint density at radius 1 is 1.00 bits per heavy atom. The second-order valence-electron chi connectivity index (χ2n) is 7.94. The van der Waals surface area contributed by atoms with Gasteiger partial charge in [0.05, 0.1) is 17.3 Å². The van der Waals surface area contributed by atoms with Crippen LogP contribution in [-0.4, -0.2) is 36.2 Å². The number of sulfone groups is 1. The van der Waals surface area contributed by atoms with Gasteiger partial charge in [-0.1, -0.05) is 74.9 Å². The number of Topliss-reactive ketones (excluding diaryl/α,β-unsaturated/α-hetero) is 1. The Bertz CT molecular complexity index is 758. The van der Waals surface area contributed by atoms with Gasteiger partial charge in [0.2, 0.25) is 4.38 Å². The van der Waals surface area contributed by atoms with Crippen LogP contribution < -0.4 is 0 Å². The molecule has 0 fully saturated rings. The van der Waals surface area contributed by atoms with E-state index in [9.17, 15) is 13.2 Å². The third-order valence-electron chi connectivity index (χ3n) is 5.18. The number of hydrogen-bond acceptors (Lipinski definition) is 6. The Balaban J connectivity index is 2.48. The molecule has 0 saturated heterocycles. The highest BCUT2D eigenvalue weighted by Gasteiger charge is 2.19. The van der Waals surface area contributed by atoms with Crippen molar-refractivity contribution in [1.29, 1.82) is 0 Å². The van der Waals surface area contributed by atoms with Gasteiger partial charge in [0.1, 0.15) is 5.78 Å². The van der Waals surface area contributed by atoms with Gasteiger partial charge in [-0.25, -0.2) is 8.42 Å². The number of carbonyl (C=O) groups is 1. The molecule has 0 radical (unpaired) electrons. The molecule has 0 saturated carbocycles. The highest BCUT2D eigenvalue weighted by Crippen LogP contribution is 2.25. The molecule has 0 aliphatic heterocycles. The molecule has 31 heavy (non-hydrogen) atoms. The van der Waals surface area contributed by atoms with E-state index in [0.29, 0.717) is 23.8 Å². The topological polar surface area (TPSA) is 60.4 Å². The lowest BCUT2D eigenvalue weighted by molar-refractivity contribution is -0.118. The lowest BCUT2D eigenvalue weighted by atomic mass is 10.0. The predicted octanol–water partition coefficient (Wildman–Crippen LogP) is 6.68. The Kier molecular flexibility index (Phi) is 14.3. The van der Waals surface area contributed by atoms with Crippen LogP contribution in [0.15, 0.2) is 29.2 Å². The van der Waals surface area contributed by atoms with Crippen molar-refractivity contribution >= 4 is 44.0 Å². The number of aryl methyl sites for hydroxylation is 1. The summed E-state index contributed by atoms with van der Waals surface area (Å²) in [6.45, 7) is 6.58. The van der Waals surface area contributed by atoms with E-state index in [-0.39, 0.29) is 28.1 Å². The monoisotopic (exact) mass is 486 g/mol. The van der Waals surface area contributed by atoms with Crippen molar-refractivity contribution in [2.45, 2.75) is 95.1 Å². The van der Waals surface area contributed by atoms with Crippen molar-refractivity contribution in [3.8, 4) is 0 Å². The van der Waals surface area contributed by atoms with Crippen LogP contribution in [0.2, 0.25) is 0 Å². The van der Waals surface area contributed by atoms with E-state index in [4.69, 9.17) is 17.0 Å². The van der Waals surface area contributed by atoms with Gasteiger partial charge < -0.3 is 4.74 Å². The van der Waals surface area contributed by atoms with E-state index in [1.165, 1.54) is 32.1 Å². The summed E-state index contributed by atoms with van der Waals surface area (Å²) in [5.74, 6) is -0.145.